The largest absolute Gasteiger partial charge is 0.435 e. The first-order chi connectivity index (χ1) is 9.90. The van der Waals surface area contributed by atoms with Crippen molar-refractivity contribution in [3.05, 3.63) is 47.7 Å². The number of alkyl halides is 3. The summed E-state index contributed by atoms with van der Waals surface area (Å²) in [6, 6.07) is 9.58. The van der Waals surface area contributed by atoms with Crippen LogP contribution in [-0.2, 0) is 12.7 Å². The summed E-state index contributed by atoms with van der Waals surface area (Å²) in [6.45, 7) is 2.99. The average molecular weight is 296 g/mol. The van der Waals surface area contributed by atoms with Gasteiger partial charge >= 0.3 is 6.18 Å². The van der Waals surface area contributed by atoms with Gasteiger partial charge < -0.3 is 10.6 Å². The molecule has 1 heterocycles. The Balaban J connectivity index is 2.18. The fourth-order valence-electron chi connectivity index (χ4n) is 1.91. The highest BCUT2D eigenvalue weighted by Gasteiger charge is 2.33. The Morgan fingerprint density at radius 2 is 1.90 bits per heavy atom. The maximum Gasteiger partial charge on any atom is 0.435 e. The summed E-state index contributed by atoms with van der Waals surface area (Å²) in [5.41, 5.74) is 6.31. The molecule has 0 aliphatic heterocycles. The first-order valence-electron chi connectivity index (χ1n) is 6.40. The smallest absolute Gasteiger partial charge is 0.399 e. The van der Waals surface area contributed by atoms with Gasteiger partial charge in [0.25, 0.3) is 0 Å². The van der Waals surface area contributed by atoms with E-state index < -0.39 is 11.9 Å². The van der Waals surface area contributed by atoms with Gasteiger partial charge in [0.2, 0.25) is 0 Å². The molecule has 0 saturated heterocycles. The number of nitrogens with zero attached hydrogens (tertiary/aromatic N) is 3. The first-order valence-corrected chi connectivity index (χ1v) is 6.40. The van der Waals surface area contributed by atoms with E-state index in [0.717, 1.165) is 11.6 Å². The van der Waals surface area contributed by atoms with Gasteiger partial charge in [-0.05, 0) is 36.8 Å². The summed E-state index contributed by atoms with van der Waals surface area (Å²) in [4.78, 5) is 1.82. The molecule has 1 aromatic heterocycles. The van der Waals surface area contributed by atoms with Crippen molar-refractivity contribution in [1.82, 2.24) is 10.2 Å². The van der Waals surface area contributed by atoms with Gasteiger partial charge in [-0.1, -0.05) is 12.1 Å². The molecule has 0 amide bonds. The van der Waals surface area contributed by atoms with Crippen molar-refractivity contribution in [2.24, 2.45) is 0 Å². The lowest BCUT2D eigenvalue weighted by atomic mass is 10.2. The van der Waals surface area contributed by atoms with Crippen molar-refractivity contribution >= 4 is 11.5 Å². The highest BCUT2D eigenvalue weighted by atomic mass is 19.4. The van der Waals surface area contributed by atoms with Gasteiger partial charge in [0.1, 0.15) is 0 Å². The highest BCUT2D eigenvalue weighted by molar-refractivity contribution is 5.44. The molecule has 0 radical (unpaired) electrons. The number of nitrogen functional groups attached to an aromatic ring is 1. The zero-order chi connectivity index (χ0) is 15.5. The number of aromatic nitrogens is 2. The Hall–Kier alpha value is -2.31. The molecule has 0 saturated carbocycles. The molecule has 2 rings (SSSR count). The molecule has 0 atom stereocenters. The standard InChI is InChI=1S/C14H15F3N4/c1-2-21(9-10-4-3-5-11(18)8-10)13-7-6-12(19-20-13)14(15,16)17/h3-8H,2,9,18H2,1H3. The first kappa shape index (κ1) is 15.1. The van der Waals surface area contributed by atoms with Crippen molar-refractivity contribution in [3.63, 3.8) is 0 Å². The molecule has 0 unspecified atom stereocenters. The van der Waals surface area contributed by atoms with Gasteiger partial charge in [0.05, 0.1) is 0 Å². The second-order valence-corrected chi connectivity index (χ2v) is 4.53. The summed E-state index contributed by atoms with van der Waals surface area (Å²) < 4.78 is 37.4. The van der Waals surface area contributed by atoms with E-state index in [4.69, 9.17) is 5.73 Å². The summed E-state index contributed by atoms with van der Waals surface area (Å²) in [6.07, 6.45) is -4.48. The molecule has 0 bridgehead atoms. The summed E-state index contributed by atoms with van der Waals surface area (Å²) in [5.74, 6) is 0.396. The SMILES string of the molecule is CCN(Cc1cccc(N)c1)c1ccc(C(F)(F)F)nn1. The van der Waals surface area contributed by atoms with Gasteiger partial charge in [-0.15, -0.1) is 10.2 Å². The van der Waals surface area contributed by atoms with Crippen molar-refractivity contribution in [1.29, 1.82) is 0 Å². The van der Waals surface area contributed by atoms with Crippen LogP contribution in [0.25, 0.3) is 0 Å². The quantitative estimate of drug-likeness (QED) is 0.881. The van der Waals surface area contributed by atoms with E-state index in [1.54, 1.807) is 6.07 Å². The average Bonchev–Trinajstić information content (AvgIpc) is 2.44. The van der Waals surface area contributed by atoms with Gasteiger partial charge in [-0.3, -0.25) is 0 Å². The maximum atomic E-state index is 12.5. The number of rotatable bonds is 4. The Labute approximate surface area is 120 Å². The maximum absolute atomic E-state index is 12.5. The van der Waals surface area contributed by atoms with E-state index in [1.165, 1.54) is 6.07 Å². The molecular weight excluding hydrogens is 281 g/mol. The molecule has 1 aromatic carbocycles. The van der Waals surface area contributed by atoms with Crippen LogP contribution in [0.15, 0.2) is 36.4 Å². The fourth-order valence-corrected chi connectivity index (χ4v) is 1.91. The van der Waals surface area contributed by atoms with E-state index in [0.29, 0.717) is 24.6 Å². The molecule has 0 aliphatic carbocycles. The van der Waals surface area contributed by atoms with Crippen LogP contribution in [-0.4, -0.2) is 16.7 Å². The molecule has 21 heavy (non-hydrogen) atoms. The van der Waals surface area contributed by atoms with Gasteiger partial charge in [-0.2, -0.15) is 13.2 Å². The van der Waals surface area contributed by atoms with Gasteiger partial charge in [0, 0.05) is 18.8 Å². The van der Waals surface area contributed by atoms with Crippen molar-refractivity contribution in [2.45, 2.75) is 19.6 Å². The monoisotopic (exact) mass is 296 g/mol. The molecule has 0 aliphatic rings. The van der Waals surface area contributed by atoms with E-state index in [-0.39, 0.29) is 0 Å². The van der Waals surface area contributed by atoms with Crippen molar-refractivity contribution in [3.8, 4) is 0 Å². The zero-order valence-electron chi connectivity index (χ0n) is 11.4. The van der Waals surface area contributed by atoms with Gasteiger partial charge in [-0.25, -0.2) is 0 Å². The number of nitrogens with two attached hydrogens (primary N) is 1. The Bertz CT molecular complexity index is 596. The summed E-state index contributed by atoms with van der Waals surface area (Å²) in [5, 5.41) is 6.90. The number of benzene rings is 1. The van der Waals surface area contributed by atoms with Crippen LogP contribution in [0.5, 0.6) is 0 Å². The third kappa shape index (κ3) is 3.84. The predicted octanol–water partition coefficient (Wildman–Crippen LogP) is 3.10. The third-order valence-electron chi connectivity index (χ3n) is 2.97. The van der Waals surface area contributed by atoms with Crippen LogP contribution in [0.2, 0.25) is 0 Å². The Morgan fingerprint density at radius 1 is 1.14 bits per heavy atom. The molecule has 0 fully saturated rings. The van der Waals surface area contributed by atoms with Gasteiger partial charge in [0.15, 0.2) is 11.5 Å². The normalized spacial score (nSPS) is 11.4. The molecule has 4 nitrogen and oxygen atoms in total. The summed E-state index contributed by atoms with van der Waals surface area (Å²) >= 11 is 0. The number of halogens is 3. The molecule has 2 N–H and O–H groups in total. The lowest BCUT2D eigenvalue weighted by Crippen LogP contribution is -2.24. The zero-order valence-corrected chi connectivity index (χ0v) is 11.4. The minimum Gasteiger partial charge on any atom is -0.399 e. The predicted molar refractivity (Wildman–Crippen MR) is 74.6 cm³/mol. The number of anilines is 2. The van der Waals surface area contributed by atoms with E-state index in [9.17, 15) is 13.2 Å². The second-order valence-electron chi connectivity index (χ2n) is 4.53. The molecule has 7 heteroatoms. The van der Waals surface area contributed by atoms with Crippen LogP contribution >= 0.6 is 0 Å². The van der Waals surface area contributed by atoms with E-state index in [2.05, 4.69) is 10.2 Å². The molecule has 0 spiro atoms. The third-order valence-corrected chi connectivity index (χ3v) is 2.97. The molecule has 2 aromatic rings. The van der Waals surface area contributed by atoms with Crippen LogP contribution in [0.1, 0.15) is 18.2 Å². The fraction of sp³-hybridized carbons (Fsp3) is 0.286. The van der Waals surface area contributed by atoms with Crippen molar-refractivity contribution in [2.75, 3.05) is 17.2 Å². The minimum atomic E-state index is -4.48. The van der Waals surface area contributed by atoms with Crippen LogP contribution in [0.4, 0.5) is 24.7 Å². The topological polar surface area (TPSA) is 55.0 Å². The van der Waals surface area contributed by atoms with E-state index in [1.807, 2.05) is 30.0 Å². The number of hydrogen-bond acceptors (Lipinski definition) is 4. The Morgan fingerprint density at radius 3 is 2.43 bits per heavy atom. The number of hydrogen-bond donors (Lipinski definition) is 1. The van der Waals surface area contributed by atoms with Crippen LogP contribution < -0.4 is 10.6 Å². The second kappa shape index (κ2) is 5.99. The molecular formula is C14H15F3N4. The molecule has 112 valence electrons. The van der Waals surface area contributed by atoms with Crippen LogP contribution in [0.3, 0.4) is 0 Å². The summed E-state index contributed by atoms with van der Waals surface area (Å²) in [7, 11) is 0. The lowest BCUT2D eigenvalue weighted by Gasteiger charge is -2.21. The highest BCUT2D eigenvalue weighted by Crippen LogP contribution is 2.27. The minimum absolute atomic E-state index is 0.396. The lowest BCUT2D eigenvalue weighted by molar-refractivity contribution is -0.141. The van der Waals surface area contributed by atoms with Crippen molar-refractivity contribution < 1.29 is 13.2 Å². The van der Waals surface area contributed by atoms with E-state index >= 15 is 0 Å². The Kier molecular flexibility index (Phi) is 4.30. The van der Waals surface area contributed by atoms with Crippen LogP contribution in [0, 0.1) is 0 Å².